The maximum absolute atomic E-state index is 14.7. The molecule has 1 saturated heterocycles. The highest BCUT2D eigenvalue weighted by Crippen LogP contribution is 2.30. The van der Waals surface area contributed by atoms with Crippen LogP contribution in [0.2, 0.25) is 0 Å². The first-order valence-electron chi connectivity index (χ1n) is 35.6. The lowest BCUT2D eigenvalue weighted by Crippen LogP contribution is -2.60. The molecule has 102 heavy (non-hydrogen) atoms. The van der Waals surface area contributed by atoms with Crippen molar-refractivity contribution in [1.29, 1.82) is 0 Å². The number of primary amides is 1. The largest absolute Gasteiger partial charge is 0.445 e. The van der Waals surface area contributed by atoms with Gasteiger partial charge in [0, 0.05) is 60.1 Å². The van der Waals surface area contributed by atoms with Gasteiger partial charge in [-0.15, -0.1) is 0 Å². The van der Waals surface area contributed by atoms with Gasteiger partial charge in [0.15, 0.2) is 0 Å². The van der Waals surface area contributed by atoms with E-state index in [-0.39, 0.29) is 82.3 Å². The number of anilines is 1. The summed E-state index contributed by atoms with van der Waals surface area (Å²) >= 11 is 0. The Hall–Kier alpha value is -7.13. The normalized spacial score (nSPS) is 16.0. The highest BCUT2D eigenvalue weighted by atomic mass is 16.6. The fraction of sp³-hybridized carbons (Fsp3) is 0.708. The number of nitrogens with zero attached hydrogens (tertiary/aromatic N) is 3. The van der Waals surface area contributed by atoms with E-state index in [1.807, 2.05) is 32.0 Å². The van der Waals surface area contributed by atoms with Crippen LogP contribution in [0.25, 0.3) is 0 Å². The molecule has 2 aromatic carbocycles. The number of methoxy groups -OCH3 is 2. The fourth-order valence-corrected chi connectivity index (χ4v) is 12.0. The number of carbonyl (C=O) groups excluding carboxylic acids is 9. The van der Waals surface area contributed by atoms with Gasteiger partial charge in [0.2, 0.25) is 41.4 Å². The van der Waals surface area contributed by atoms with Crippen LogP contribution in [0, 0.1) is 29.6 Å². The molecule has 578 valence electrons. The third-order valence-electron chi connectivity index (χ3n) is 17.6. The number of hydrogen-bond donors (Lipinski definition) is 9. The summed E-state index contributed by atoms with van der Waals surface area (Å²) in [6, 6.07) is 8.74. The average molecular weight is 1440 g/mol. The van der Waals surface area contributed by atoms with E-state index < -0.39 is 120 Å². The van der Waals surface area contributed by atoms with Gasteiger partial charge in [-0.2, -0.15) is 0 Å². The summed E-state index contributed by atoms with van der Waals surface area (Å²) in [5.41, 5.74) is 12.2. The van der Waals surface area contributed by atoms with Crippen LogP contribution < -0.4 is 43.4 Å². The van der Waals surface area contributed by atoms with Crippen molar-refractivity contribution in [3.05, 3.63) is 65.7 Å². The number of rotatable bonds is 51. The van der Waals surface area contributed by atoms with E-state index in [2.05, 4.69) is 31.9 Å². The molecule has 0 bridgehead atoms. The molecular weight excluding hydrogens is 1320 g/mol. The molecule has 0 radical (unpaired) electrons. The van der Waals surface area contributed by atoms with E-state index in [1.165, 1.54) is 31.1 Å². The minimum Gasteiger partial charge on any atom is -0.445 e. The Morgan fingerprint density at radius 1 is 0.618 bits per heavy atom. The van der Waals surface area contributed by atoms with Gasteiger partial charge in [-0.05, 0) is 79.5 Å². The van der Waals surface area contributed by atoms with Crippen LogP contribution in [-0.4, -0.2) is 255 Å². The Morgan fingerprint density at radius 2 is 1.18 bits per heavy atom. The number of likely N-dealkylation sites (N-methyl/N-ethyl adjacent to an activating group) is 2. The topological polar surface area (TPSA) is 391 Å². The maximum atomic E-state index is 14.7. The summed E-state index contributed by atoms with van der Waals surface area (Å²) in [4.78, 5) is 128. The smallest absolute Gasteiger partial charge is 0.410 e. The number of amides is 10. The van der Waals surface area contributed by atoms with E-state index >= 15 is 0 Å². The molecule has 0 saturated carbocycles. The molecule has 1 aliphatic heterocycles. The van der Waals surface area contributed by atoms with Crippen LogP contribution in [0.3, 0.4) is 0 Å². The van der Waals surface area contributed by atoms with Gasteiger partial charge < -0.3 is 101 Å². The molecular formula is C72H121N11O19. The molecule has 10 amide bonds. The maximum Gasteiger partial charge on any atom is 0.410 e. The number of urea groups is 1. The zero-order valence-electron chi connectivity index (χ0n) is 62.7. The number of carbonyl (C=O) groups is 9. The average Bonchev–Trinajstić information content (AvgIpc) is 1.49. The van der Waals surface area contributed by atoms with Crippen molar-refractivity contribution in [2.75, 3.05) is 133 Å². The Morgan fingerprint density at radius 3 is 1.69 bits per heavy atom. The van der Waals surface area contributed by atoms with E-state index in [0.29, 0.717) is 102 Å². The lowest BCUT2D eigenvalue weighted by molar-refractivity contribution is -0.147. The molecule has 2 aromatic rings. The zero-order valence-corrected chi connectivity index (χ0v) is 62.7. The Kier molecular flexibility index (Phi) is 42.6. The Bertz CT molecular complexity index is 2810. The number of benzene rings is 2. The summed E-state index contributed by atoms with van der Waals surface area (Å²) in [6.45, 7) is 23.2. The highest BCUT2D eigenvalue weighted by molar-refractivity contribution is 5.98. The van der Waals surface area contributed by atoms with Crippen molar-refractivity contribution in [3.8, 4) is 0 Å². The van der Waals surface area contributed by atoms with Crippen LogP contribution in [-0.2, 0) is 82.8 Å². The Balaban J connectivity index is 1.57. The first kappa shape index (κ1) is 89.1. The number of nitrogens with one attached hydrogen (secondary N) is 6. The second-order valence-electron chi connectivity index (χ2n) is 26.9. The zero-order chi connectivity index (χ0) is 75.8. The lowest BCUT2D eigenvalue weighted by atomic mass is 9.91. The molecule has 3 rings (SSSR count). The SMILES string of the molecule is CO[C@H]([C@@H](C)C(=O)N[C@H](C)[C@@H](O)c1ccccc1)[C@@H]1CCCN1C(=O)C[C@@H](OC)[C@H](C(C)C)N(C)C(=O)[C@@H](NC(=O)[C@H](C(C)C)N(C)C(=O)OCc1ccc(NC(=O)[C@H](CCCNC(N)=O)NC(=O)[C@@H](NC(=O)CCOCCOCCOCCOCCOCCOCCN)C(C)C)cc1)C(C)C. The number of aliphatic hydroxyl groups is 1. The van der Waals surface area contributed by atoms with Crippen LogP contribution in [0.1, 0.15) is 125 Å². The Labute approximate surface area is 603 Å². The molecule has 11 atom stereocenters. The van der Waals surface area contributed by atoms with Gasteiger partial charge in [-0.3, -0.25) is 38.5 Å². The van der Waals surface area contributed by atoms with E-state index in [4.69, 9.17) is 54.1 Å². The standard InChI is InChI=1S/C72H121N11O19/c1-46(2)60(79-58(84)28-32-96-34-36-98-38-40-100-42-43-101-41-39-99-37-35-97-33-29-73)68(89)78-55(22-18-30-75-71(74)92)67(88)77-54-26-24-52(25-27-54)45-102-72(93)82(12)63(49(7)8)69(90)80-61(47(3)4)70(91)81(11)62(48(5)6)57(94-13)44-59(85)83-31-19-23-56(83)65(95-14)50(9)66(87)76-51(10)64(86)53-20-16-15-17-21-53/h15-17,20-21,24-27,46-51,55-57,60-65,86H,18-19,22-23,28-45,73H2,1-14H3,(H,76,87)(H,77,88)(H,78,89)(H,79,84)(H,80,90)(H3,74,75,92)/t50-,51-,55+,56+,57-,60+,61+,62+,63+,64-,65-/m1/s1. The van der Waals surface area contributed by atoms with Crippen molar-refractivity contribution in [2.45, 2.75) is 175 Å². The summed E-state index contributed by atoms with van der Waals surface area (Å²) in [5.74, 6) is -5.39. The minimum atomic E-state index is -1.11. The summed E-state index contributed by atoms with van der Waals surface area (Å²) < 4.78 is 50.4. The van der Waals surface area contributed by atoms with Gasteiger partial charge in [0.05, 0.1) is 128 Å². The second-order valence-corrected chi connectivity index (χ2v) is 26.9. The van der Waals surface area contributed by atoms with Gasteiger partial charge in [0.25, 0.3) is 0 Å². The quantitative estimate of drug-likeness (QED) is 0.0427. The summed E-state index contributed by atoms with van der Waals surface area (Å²) in [6.07, 6.45) is -1.74. The van der Waals surface area contributed by atoms with Crippen molar-refractivity contribution in [2.24, 2.45) is 41.1 Å². The third-order valence-corrected chi connectivity index (χ3v) is 17.6. The molecule has 11 N–H and O–H groups in total. The van der Waals surface area contributed by atoms with Crippen LogP contribution >= 0.6 is 0 Å². The predicted octanol–water partition coefficient (Wildman–Crippen LogP) is 3.65. The van der Waals surface area contributed by atoms with E-state index in [1.54, 1.807) is 104 Å². The van der Waals surface area contributed by atoms with Crippen LogP contribution in [0.4, 0.5) is 15.3 Å². The predicted molar refractivity (Wildman–Crippen MR) is 383 cm³/mol. The molecule has 30 nitrogen and oxygen atoms in total. The number of ether oxygens (including phenoxy) is 9. The fourth-order valence-electron chi connectivity index (χ4n) is 12.0. The molecule has 1 aliphatic rings. The molecule has 0 unspecified atom stereocenters. The molecule has 0 aromatic heterocycles. The van der Waals surface area contributed by atoms with Gasteiger partial charge >= 0.3 is 12.1 Å². The van der Waals surface area contributed by atoms with Gasteiger partial charge in [-0.1, -0.05) is 105 Å². The molecule has 1 fully saturated rings. The van der Waals surface area contributed by atoms with Crippen molar-refractivity contribution in [3.63, 3.8) is 0 Å². The summed E-state index contributed by atoms with van der Waals surface area (Å²) in [5, 5.41) is 27.6. The minimum absolute atomic E-state index is 0.0431. The van der Waals surface area contributed by atoms with Crippen molar-refractivity contribution >= 4 is 59.2 Å². The van der Waals surface area contributed by atoms with Crippen molar-refractivity contribution in [1.82, 2.24) is 41.3 Å². The molecule has 0 spiro atoms. The van der Waals surface area contributed by atoms with E-state index in [0.717, 1.165) is 0 Å². The first-order valence-corrected chi connectivity index (χ1v) is 35.6. The van der Waals surface area contributed by atoms with Crippen LogP contribution in [0.15, 0.2) is 54.6 Å². The monoisotopic (exact) mass is 1440 g/mol. The lowest BCUT2D eigenvalue weighted by Gasteiger charge is -2.40. The van der Waals surface area contributed by atoms with E-state index in [9.17, 15) is 48.3 Å². The number of likely N-dealkylation sites (tertiary alicyclic amines) is 1. The molecule has 30 heteroatoms. The van der Waals surface area contributed by atoms with Crippen molar-refractivity contribution < 1.29 is 90.9 Å². The van der Waals surface area contributed by atoms with Gasteiger partial charge in [-0.25, -0.2) is 9.59 Å². The number of hydrogen-bond acceptors (Lipinski definition) is 20. The summed E-state index contributed by atoms with van der Waals surface area (Å²) in [7, 11) is 6.05. The number of aliphatic hydroxyl groups excluding tert-OH is 1. The molecule has 1 heterocycles. The van der Waals surface area contributed by atoms with Crippen LogP contribution in [0.5, 0.6) is 0 Å². The van der Waals surface area contributed by atoms with Gasteiger partial charge in [0.1, 0.15) is 30.8 Å². The second kappa shape index (κ2) is 48.7. The highest BCUT2D eigenvalue weighted by Gasteiger charge is 2.44. The third kappa shape index (κ3) is 31.5. The number of nitrogens with two attached hydrogens (primary N) is 2. The first-order chi connectivity index (χ1) is 48.6. The molecule has 0 aliphatic carbocycles.